The van der Waals surface area contributed by atoms with Gasteiger partial charge in [-0.1, -0.05) is 0 Å². The Labute approximate surface area is 609 Å². The summed E-state index contributed by atoms with van der Waals surface area (Å²) in [6, 6.07) is 17.9. The fraction of sp³-hybridized carbons (Fsp3) is 0.507. The summed E-state index contributed by atoms with van der Waals surface area (Å²) >= 11 is 0. The minimum Gasteiger partial charge on any atom is -0.442 e. The van der Waals surface area contributed by atoms with Crippen molar-refractivity contribution in [2.75, 3.05) is 197 Å². The van der Waals surface area contributed by atoms with Crippen molar-refractivity contribution in [3.8, 4) is 0 Å². The van der Waals surface area contributed by atoms with Crippen molar-refractivity contribution in [1.82, 2.24) is 26.2 Å². The fourth-order valence-electron chi connectivity index (χ4n) is 12.7. The molecule has 8 aliphatic rings. The van der Waals surface area contributed by atoms with Crippen LogP contribution in [0.3, 0.4) is 0 Å². The number of benzene rings is 4. The largest absolute Gasteiger partial charge is 0.442 e. The smallest absolute Gasteiger partial charge is 0.415 e. The van der Waals surface area contributed by atoms with Crippen LogP contribution < -0.4 is 83.1 Å². The third kappa shape index (κ3) is 21.0. The maximum absolute atomic E-state index is 14.7. The number of nitrogens with two attached hydrogens (primary N) is 4. The second kappa shape index (κ2) is 37.6. The van der Waals surface area contributed by atoms with E-state index >= 15 is 0 Å². The first-order chi connectivity index (χ1) is 50.8. The van der Waals surface area contributed by atoms with Gasteiger partial charge in [0.15, 0.2) is 18.4 Å². The van der Waals surface area contributed by atoms with Crippen molar-refractivity contribution >= 4 is 106 Å². The highest BCUT2D eigenvalue weighted by atomic mass is 19.1. The Hall–Kier alpha value is -10.3. The summed E-state index contributed by atoms with van der Waals surface area (Å²) in [5.41, 5.74) is 20.0. The van der Waals surface area contributed by atoms with Crippen molar-refractivity contribution in [2.24, 2.45) is 17.2 Å². The van der Waals surface area contributed by atoms with E-state index in [1.54, 1.807) is 53.4 Å². The number of halogens is 4. The molecule has 0 aromatic heterocycles. The molecule has 7 atom stereocenters. The van der Waals surface area contributed by atoms with E-state index in [1.165, 1.54) is 77.8 Å². The topological polar surface area (TPSA) is 399 Å². The Morgan fingerprint density at radius 3 is 1.15 bits per heavy atom. The van der Waals surface area contributed by atoms with Crippen molar-refractivity contribution in [1.29, 1.82) is 0 Å². The molecule has 576 valence electrons. The molecule has 0 aliphatic carbocycles. The number of cyclic esters (lactones) is 4. The Bertz CT molecular complexity index is 3690. The van der Waals surface area contributed by atoms with Crippen LogP contribution in [-0.4, -0.2) is 265 Å². The average Bonchev–Trinajstić information content (AvgIpc) is 1.64. The summed E-state index contributed by atoms with van der Waals surface area (Å²) in [5, 5.41) is 16.1. The summed E-state index contributed by atoms with van der Waals surface area (Å²) in [4.78, 5) is 119. The van der Waals surface area contributed by atoms with Crippen LogP contribution in [0.5, 0.6) is 0 Å². The third-order valence-electron chi connectivity index (χ3n) is 18.2. The van der Waals surface area contributed by atoms with Crippen LogP contribution in [0, 0.1) is 23.3 Å². The number of carbonyl (C=O) groups excluding carboxylic acids is 9. The lowest BCUT2D eigenvalue weighted by molar-refractivity contribution is -0.130. The zero-order valence-electron chi connectivity index (χ0n) is 59.4. The van der Waals surface area contributed by atoms with Gasteiger partial charge in [-0.2, -0.15) is 0 Å². The van der Waals surface area contributed by atoms with E-state index in [2.05, 4.69) is 21.3 Å². The minimum absolute atomic E-state index is 0.0298. The second-order valence-corrected chi connectivity index (χ2v) is 25.6. The molecule has 37 heteroatoms. The van der Waals surface area contributed by atoms with Gasteiger partial charge in [0.25, 0.3) is 0 Å². The maximum atomic E-state index is 14.7. The molecule has 0 unspecified atom stereocenters. The molecular formula is C69H92F4N17O16+. The number of morpholine rings is 3. The molecule has 8 fully saturated rings. The molecule has 33 nitrogen and oxygen atoms in total. The molecular weight excluding hydrogens is 1400 g/mol. The summed E-state index contributed by atoms with van der Waals surface area (Å²) in [6.07, 6.45) is -3.28. The molecule has 4 aromatic carbocycles. The van der Waals surface area contributed by atoms with Crippen molar-refractivity contribution in [2.45, 2.75) is 70.4 Å². The SMILES string of the molecule is CC(=O)NC[C@@H]1OC(=O)N(c2ccc(N3CCOCC3)c(F)c2)[C@H]1C=[NH2+].CC(=O)NC[C@H]1CN(c2ccc(N3CCN(C(=O)CN)CC3)c(F)c2)C(=O)O1.CC(=O)NC[C@H]1CN(c2ccc(N3CCO[C@@H](CN)C3)c(F)c2)C(=O)O1.CC(=O)NC[C@H]1CN(c2ccc(N3CCO[C@H](CN)C3)c(F)c2)C(=O)O1. The number of ether oxygens (including phenoxy) is 7. The molecule has 8 heterocycles. The molecule has 0 spiro atoms. The van der Waals surface area contributed by atoms with Crippen molar-refractivity contribution < 1.29 is 99.3 Å². The van der Waals surface area contributed by atoms with Gasteiger partial charge in [-0.05, 0) is 72.8 Å². The van der Waals surface area contributed by atoms with Gasteiger partial charge in [0, 0.05) is 106 Å². The zero-order valence-corrected chi connectivity index (χ0v) is 59.4. The summed E-state index contributed by atoms with van der Waals surface area (Å²) in [6.45, 7) is 15.3. The minimum atomic E-state index is -0.640. The van der Waals surface area contributed by atoms with Crippen LogP contribution in [0.1, 0.15) is 27.7 Å². The van der Waals surface area contributed by atoms with E-state index in [9.17, 15) is 60.7 Å². The van der Waals surface area contributed by atoms with Crippen LogP contribution >= 0.6 is 0 Å². The molecule has 0 bridgehead atoms. The third-order valence-corrected chi connectivity index (χ3v) is 18.2. The highest BCUT2D eigenvalue weighted by Gasteiger charge is 2.44. The van der Waals surface area contributed by atoms with E-state index in [0.717, 1.165) is 0 Å². The fourth-order valence-corrected chi connectivity index (χ4v) is 12.7. The maximum Gasteiger partial charge on any atom is 0.415 e. The van der Waals surface area contributed by atoms with Gasteiger partial charge in [0.2, 0.25) is 29.5 Å². The van der Waals surface area contributed by atoms with Gasteiger partial charge in [0.05, 0.1) is 136 Å². The summed E-state index contributed by atoms with van der Waals surface area (Å²) in [7, 11) is 0. The number of rotatable bonds is 20. The van der Waals surface area contributed by atoms with E-state index in [1.807, 2.05) is 19.6 Å². The Balaban J connectivity index is 0.000000164. The van der Waals surface area contributed by atoms with Crippen LogP contribution in [0.25, 0.3) is 0 Å². The van der Waals surface area contributed by atoms with Crippen LogP contribution in [0.4, 0.5) is 82.2 Å². The normalized spacial score (nSPS) is 22.1. The number of carbonyl (C=O) groups is 9. The number of anilines is 8. The molecule has 12 rings (SSSR count). The average molecular weight is 1490 g/mol. The molecule has 106 heavy (non-hydrogen) atoms. The highest BCUT2D eigenvalue weighted by Crippen LogP contribution is 2.34. The van der Waals surface area contributed by atoms with Gasteiger partial charge in [0.1, 0.15) is 41.6 Å². The first-order valence-corrected chi connectivity index (χ1v) is 34.7. The van der Waals surface area contributed by atoms with E-state index < -0.39 is 78.1 Å². The molecule has 8 aliphatic heterocycles. The van der Waals surface area contributed by atoms with E-state index in [4.69, 9.17) is 55.8 Å². The lowest BCUT2D eigenvalue weighted by Crippen LogP contribution is -2.50. The van der Waals surface area contributed by atoms with Gasteiger partial charge in [-0.3, -0.25) is 49.0 Å². The van der Waals surface area contributed by atoms with Gasteiger partial charge < -0.3 is 96.1 Å². The number of nitrogens with zero attached hydrogens (tertiary/aromatic N) is 9. The summed E-state index contributed by atoms with van der Waals surface area (Å²) < 4.78 is 95.8. The van der Waals surface area contributed by atoms with E-state index in [-0.39, 0.29) is 94.1 Å². The number of amides is 9. The van der Waals surface area contributed by atoms with Crippen molar-refractivity contribution in [3.63, 3.8) is 0 Å². The van der Waals surface area contributed by atoms with Crippen LogP contribution in [0.15, 0.2) is 72.8 Å². The standard InChI is InChI=1S/C18H24FN5O4.C17H21FN4O4.2C17H23FN4O4/c1-12(25)21-10-14-11-24(18(27)28-14)13-2-3-16(15(19)8-13)22-4-6-23(7-5-22)17(26)9-20;1-11(23)20-10-16-15(9-19)22(17(24)26-16)12-2-3-14(13(18)8-12)21-4-6-25-7-5-21;2*1-11(23)20-8-14-10-22(17(24)26-14)12-2-3-16(15(18)6-12)21-4-5-25-13(7-19)9-21/h2-3,8,14H,4-7,9-11,20H2,1H3,(H,21,25);2-3,8-9,15-16,19H,4-7,10H2,1H3,(H,20,23);2*2-3,6,13-14H,4-5,7-10,19H2,1H3,(H,20,23)/p+1/t14-;15-,16-;13-,14+;13-,14-/m0010/s1. The lowest BCUT2D eigenvalue weighted by atomic mass is 10.1. The number of hydrogen-bond acceptors (Lipinski definition) is 23. The van der Waals surface area contributed by atoms with E-state index in [0.29, 0.717) is 150 Å². The first-order valence-electron chi connectivity index (χ1n) is 34.7. The zero-order chi connectivity index (χ0) is 76.3. The van der Waals surface area contributed by atoms with Crippen molar-refractivity contribution in [3.05, 3.63) is 96.1 Å². The lowest BCUT2D eigenvalue weighted by Gasteiger charge is -2.36. The van der Waals surface area contributed by atoms with Gasteiger partial charge in [-0.15, -0.1) is 0 Å². The monoisotopic (exact) mass is 1490 g/mol. The first kappa shape index (κ1) is 79.8. The molecule has 12 N–H and O–H groups in total. The summed E-state index contributed by atoms with van der Waals surface area (Å²) in [5.74, 6) is -2.68. The number of hydrogen-bond donors (Lipinski definition) is 8. The molecule has 9 amide bonds. The molecule has 0 saturated carbocycles. The number of nitrogens with one attached hydrogen (secondary N) is 4. The number of piperazine rings is 1. The Kier molecular flexibility index (Phi) is 28.3. The Morgan fingerprint density at radius 1 is 0.443 bits per heavy atom. The molecule has 4 aromatic rings. The van der Waals surface area contributed by atoms with Gasteiger partial charge in [-0.25, -0.2) is 36.7 Å². The molecule has 0 radical (unpaired) electrons. The quantitative estimate of drug-likeness (QED) is 0.0331. The van der Waals surface area contributed by atoms with Gasteiger partial charge >= 0.3 is 24.4 Å². The highest BCUT2D eigenvalue weighted by molar-refractivity contribution is 5.96. The predicted octanol–water partition coefficient (Wildman–Crippen LogP) is 0.118. The Morgan fingerprint density at radius 2 is 0.792 bits per heavy atom. The second-order valence-electron chi connectivity index (χ2n) is 25.6. The predicted molar refractivity (Wildman–Crippen MR) is 381 cm³/mol. The van der Waals surface area contributed by atoms with Crippen LogP contribution in [0.2, 0.25) is 0 Å². The van der Waals surface area contributed by atoms with Crippen LogP contribution in [-0.2, 0) is 57.1 Å². The molecule has 8 saturated heterocycles.